The van der Waals surface area contributed by atoms with Gasteiger partial charge in [0.05, 0.1) is 11.4 Å². The molecule has 0 N–H and O–H groups in total. The lowest BCUT2D eigenvalue weighted by atomic mass is 9.33. The Morgan fingerprint density at radius 2 is 0.778 bits per heavy atom. The van der Waals surface area contributed by atoms with Crippen molar-refractivity contribution in [2.45, 2.75) is 52.4 Å². The van der Waals surface area contributed by atoms with Gasteiger partial charge in [-0.05, 0) is 73.4 Å². The van der Waals surface area contributed by atoms with E-state index in [-0.39, 0.29) is 17.5 Å². The highest BCUT2D eigenvalue weighted by atomic mass is 16.3. The maximum absolute atomic E-state index is 6.76. The Kier molecular flexibility index (Phi) is 7.33. The number of furan rings is 2. The van der Waals surface area contributed by atoms with Crippen molar-refractivity contribution in [3.63, 3.8) is 0 Å². The predicted molar refractivity (Wildman–Crippen MR) is 267 cm³/mol. The van der Waals surface area contributed by atoms with Crippen molar-refractivity contribution in [2.24, 2.45) is 0 Å². The van der Waals surface area contributed by atoms with Gasteiger partial charge < -0.3 is 18.6 Å². The third-order valence-corrected chi connectivity index (χ3v) is 13.9. The molecule has 2 aromatic heterocycles. The molecular weight excluding hydrogens is 767 g/mol. The topological polar surface area (TPSA) is 32.8 Å². The molecule has 0 fully saturated rings. The second-order valence-electron chi connectivity index (χ2n) is 19.7. The summed E-state index contributed by atoms with van der Waals surface area (Å²) in [6.45, 7) is 13.9. The van der Waals surface area contributed by atoms with Crippen LogP contribution in [0.4, 0.5) is 34.1 Å². The van der Waals surface area contributed by atoms with Crippen LogP contribution in [-0.2, 0) is 10.8 Å². The van der Waals surface area contributed by atoms with Crippen molar-refractivity contribution in [1.82, 2.24) is 0 Å². The number of hydrogen-bond acceptors (Lipinski definition) is 4. The molecule has 2 aliphatic heterocycles. The number of rotatable bonds is 2. The molecule has 4 nitrogen and oxygen atoms in total. The average Bonchev–Trinajstić information content (AvgIpc) is 3.83. The molecule has 4 heterocycles. The van der Waals surface area contributed by atoms with Gasteiger partial charge in [-0.15, -0.1) is 0 Å². The second kappa shape index (κ2) is 12.7. The summed E-state index contributed by atoms with van der Waals surface area (Å²) in [6, 6.07) is 60.5. The zero-order valence-corrected chi connectivity index (χ0v) is 36.4. The standard InChI is InChI=1S/C58H45BN2O2/c1-57(2,3)42-28-26-34-16-7-9-18-36(34)55(42)60-46-22-15-23-47-54(46)59(44-30-40-38-20-11-13-24-50(38)62-52(40)32-48(44)60)45-31-41-39-21-12-14-25-51(39)63-53(41)33-49(45)61(47)56-37-19-10-8-17-35(37)27-29-43(56)58(4,5)6/h7-33H,1-6H3. The van der Waals surface area contributed by atoms with Crippen molar-refractivity contribution < 1.29 is 8.83 Å². The molecule has 9 aromatic carbocycles. The van der Waals surface area contributed by atoms with E-state index >= 15 is 0 Å². The van der Waals surface area contributed by atoms with Gasteiger partial charge >= 0.3 is 0 Å². The molecule has 0 saturated heterocycles. The van der Waals surface area contributed by atoms with Crippen molar-refractivity contribution in [3.05, 3.63) is 175 Å². The quantitative estimate of drug-likeness (QED) is 0.163. The van der Waals surface area contributed by atoms with E-state index < -0.39 is 0 Å². The number of anilines is 6. The summed E-state index contributed by atoms with van der Waals surface area (Å²) in [7, 11) is 0. The van der Waals surface area contributed by atoms with Gasteiger partial charge in [0, 0.05) is 67.2 Å². The predicted octanol–water partition coefficient (Wildman–Crippen LogP) is 14.5. The summed E-state index contributed by atoms with van der Waals surface area (Å²) in [4.78, 5) is 5.17. The Hall–Kier alpha value is -7.24. The van der Waals surface area contributed by atoms with Gasteiger partial charge in [0.1, 0.15) is 22.3 Å². The third-order valence-electron chi connectivity index (χ3n) is 13.9. The monoisotopic (exact) mass is 812 g/mol. The van der Waals surface area contributed by atoms with Crippen molar-refractivity contribution in [1.29, 1.82) is 0 Å². The largest absolute Gasteiger partial charge is 0.456 e. The number of para-hydroxylation sites is 2. The third kappa shape index (κ3) is 5.11. The normalized spacial score (nSPS) is 13.8. The number of fused-ring (bicyclic) bond motifs is 12. The highest BCUT2D eigenvalue weighted by Crippen LogP contribution is 2.52. The van der Waals surface area contributed by atoms with Crippen molar-refractivity contribution >= 4 is 123 Å². The Labute approximate surface area is 367 Å². The molecule has 0 amide bonds. The first-order valence-corrected chi connectivity index (χ1v) is 22.2. The summed E-state index contributed by atoms with van der Waals surface area (Å²) in [5.41, 5.74) is 16.6. The average molecular weight is 813 g/mol. The maximum atomic E-state index is 6.76. The van der Waals surface area contributed by atoms with Crippen molar-refractivity contribution in [2.75, 3.05) is 9.80 Å². The molecule has 13 rings (SSSR count). The fraction of sp³-hybridized carbons (Fsp3) is 0.138. The molecule has 0 unspecified atom stereocenters. The van der Waals surface area contributed by atoms with Gasteiger partial charge in [-0.3, -0.25) is 0 Å². The van der Waals surface area contributed by atoms with Gasteiger partial charge in [0.2, 0.25) is 0 Å². The molecule has 0 bridgehead atoms. The van der Waals surface area contributed by atoms with Crippen LogP contribution in [0.25, 0.3) is 65.4 Å². The fourth-order valence-electron chi connectivity index (χ4n) is 11.1. The van der Waals surface area contributed by atoms with Gasteiger partial charge in [-0.25, -0.2) is 0 Å². The summed E-state index contributed by atoms with van der Waals surface area (Å²) in [5.74, 6) is 0. The molecule has 0 aliphatic carbocycles. The lowest BCUT2D eigenvalue weighted by Gasteiger charge is -2.46. The molecule has 0 saturated carbocycles. The summed E-state index contributed by atoms with van der Waals surface area (Å²) < 4.78 is 13.5. The van der Waals surface area contributed by atoms with Crippen LogP contribution in [0.3, 0.4) is 0 Å². The Bertz CT molecular complexity index is 3510. The SMILES string of the molecule is CC(C)(C)c1ccc2ccccc2c1N1c2cc3oc4ccccc4c3cc2B2c3cc4c(cc3N(c3c(C(C)(C)C)ccc5ccccc35)c3cccc1c32)oc1ccccc14. The minimum absolute atomic E-state index is 0.106. The first kappa shape index (κ1) is 36.4. The fourth-order valence-corrected chi connectivity index (χ4v) is 11.1. The molecule has 0 radical (unpaired) electrons. The molecular formula is C58H45BN2O2. The molecule has 2 aliphatic rings. The second-order valence-corrected chi connectivity index (χ2v) is 19.7. The van der Waals surface area contributed by atoms with Gasteiger partial charge in [0.15, 0.2) is 0 Å². The van der Waals surface area contributed by atoms with Crippen LogP contribution in [-0.4, -0.2) is 6.71 Å². The van der Waals surface area contributed by atoms with E-state index in [1.807, 2.05) is 0 Å². The zero-order valence-electron chi connectivity index (χ0n) is 36.4. The van der Waals surface area contributed by atoms with E-state index in [1.54, 1.807) is 0 Å². The van der Waals surface area contributed by atoms with E-state index in [2.05, 4.69) is 215 Å². The molecule has 5 heteroatoms. The van der Waals surface area contributed by atoms with Gasteiger partial charge in [0.25, 0.3) is 6.71 Å². The first-order chi connectivity index (χ1) is 30.5. The van der Waals surface area contributed by atoms with Crippen LogP contribution in [0, 0.1) is 0 Å². The van der Waals surface area contributed by atoms with E-state index in [9.17, 15) is 0 Å². The molecule has 0 atom stereocenters. The molecule has 11 aromatic rings. The Balaban J connectivity index is 1.23. The van der Waals surface area contributed by atoms with E-state index in [4.69, 9.17) is 8.83 Å². The van der Waals surface area contributed by atoms with Crippen LogP contribution in [0.15, 0.2) is 173 Å². The summed E-state index contributed by atoms with van der Waals surface area (Å²) in [6.07, 6.45) is 0. The van der Waals surface area contributed by atoms with Crippen LogP contribution < -0.4 is 26.2 Å². The van der Waals surface area contributed by atoms with Crippen LogP contribution >= 0.6 is 0 Å². The van der Waals surface area contributed by atoms with E-state index in [0.29, 0.717) is 0 Å². The van der Waals surface area contributed by atoms with E-state index in [0.717, 1.165) is 55.3 Å². The lowest BCUT2D eigenvalue weighted by molar-refractivity contribution is 0.591. The minimum atomic E-state index is -0.161. The number of nitrogens with zero attached hydrogens (tertiary/aromatic N) is 2. The number of hydrogen-bond donors (Lipinski definition) is 0. The molecule has 302 valence electrons. The number of benzene rings is 9. The van der Waals surface area contributed by atoms with Crippen LogP contribution in [0.2, 0.25) is 0 Å². The minimum Gasteiger partial charge on any atom is -0.456 e. The summed E-state index contributed by atoms with van der Waals surface area (Å²) >= 11 is 0. The molecule has 63 heavy (non-hydrogen) atoms. The van der Waals surface area contributed by atoms with Gasteiger partial charge in [-0.2, -0.15) is 0 Å². The van der Waals surface area contributed by atoms with Gasteiger partial charge in [-0.1, -0.05) is 169 Å². The molecule has 0 spiro atoms. The lowest BCUT2D eigenvalue weighted by Crippen LogP contribution is -2.61. The zero-order chi connectivity index (χ0) is 42.5. The Morgan fingerprint density at radius 3 is 1.22 bits per heavy atom. The Morgan fingerprint density at radius 1 is 0.365 bits per heavy atom. The summed E-state index contributed by atoms with van der Waals surface area (Å²) in [5, 5.41) is 9.38. The van der Waals surface area contributed by atoms with Crippen molar-refractivity contribution in [3.8, 4) is 0 Å². The van der Waals surface area contributed by atoms with Crippen LogP contribution in [0.1, 0.15) is 52.7 Å². The smallest absolute Gasteiger partial charge is 0.252 e. The van der Waals surface area contributed by atoms with E-state index in [1.165, 1.54) is 71.8 Å². The van der Waals surface area contributed by atoms with Crippen LogP contribution in [0.5, 0.6) is 0 Å². The maximum Gasteiger partial charge on any atom is 0.252 e. The highest BCUT2D eigenvalue weighted by molar-refractivity contribution is 7.00. The first-order valence-electron chi connectivity index (χ1n) is 22.2. The highest BCUT2D eigenvalue weighted by Gasteiger charge is 2.46.